The molecule has 0 atom stereocenters. The minimum Gasteiger partial charge on any atom is -0.497 e. The van der Waals surface area contributed by atoms with E-state index in [0.29, 0.717) is 62.4 Å². The monoisotopic (exact) mass is 504 g/mol. The molecular weight excluding hydrogens is 476 g/mol. The number of methoxy groups -OCH3 is 1. The summed E-state index contributed by atoms with van der Waals surface area (Å²) in [5.74, 6) is 1.72. The Labute approximate surface area is 213 Å². The van der Waals surface area contributed by atoms with Crippen LogP contribution < -0.4 is 15.0 Å². The summed E-state index contributed by atoms with van der Waals surface area (Å²) in [5.41, 5.74) is 2.89. The number of ether oxygens (including phenoxy) is 3. The molecule has 1 N–H and O–H groups in total. The first kappa shape index (κ1) is 23.4. The number of carbonyl (C=O) groups excluding carboxylic acids is 1. The molecule has 1 aromatic carbocycles. The lowest BCUT2D eigenvalue weighted by Gasteiger charge is -2.27. The van der Waals surface area contributed by atoms with E-state index >= 15 is 0 Å². The molecule has 2 aliphatic rings. The molecule has 2 aliphatic heterocycles. The SMILES string of the molecule is COc1cccc(-c2cnn(-c3nc(N4CCOCC4)c4oc(C(=O)NC5CCOCC5)cc4n3)c2)c1. The standard InChI is InChI=1S/C26H28N6O5/c1-34-20-4-2-3-17(13-20)18-15-27-32(16-18)26-29-21-14-22(25(33)28-19-5-9-35-10-6-19)37-23(21)24(30-26)31-7-11-36-12-8-31/h2-4,13-16,19H,5-12H2,1H3,(H,28,33). The highest BCUT2D eigenvalue weighted by molar-refractivity contribution is 5.97. The lowest BCUT2D eigenvalue weighted by Crippen LogP contribution is -2.38. The Morgan fingerprint density at radius 3 is 2.68 bits per heavy atom. The number of morpholine rings is 1. The van der Waals surface area contributed by atoms with E-state index in [1.807, 2.05) is 30.5 Å². The van der Waals surface area contributed by atoms with Gasteiger partial charge in [0.15, 0.2) is 17.2 Å². The number of nitrogens with one attached hydrogen (secondary N) is 1. The number of amides is 1. The van der Waals surface area contributed by atoms with Crippen LogP contribution in [0.2, 0.25) is 0 Å². The molecule has 2 saturated heterocycles. The van der Waals surface area contributed by atoms with Gasteiger partial charge < -0.3 is 28.8 Å². The molecule has 3 aromatic heterocycles. The Kier molecular flexibility index (Phi) is 6.46. The summed E-state index contributed by atoms with van der Waals surface area (Å²) in [6.07, 6.45) is 5.20. The van der Waals surface area contributed by atoms with Crippen molar-refractivity contribution in [2.75, 3.05) is 51.5 Å². The summed E-state index contributed by atoms with van der Waals surface area (Å²) in [6.45, 7) is 3.76. The third-order valence-electron chi connectivity index (χ3n) is 6.62. The molecule has 2 fully saturated rings. The quantitative estimate of drug-likeness (QED) is 0.423. The van der Waals surface area contributed by atoms with E-state index in [1.165, 1.54) is 0 Å². The van der Waals surface area contributed by atoms with Crippen molar-refractivity contribution in [3.63, 3.8) is 0 Å². The van der Waals surface area contributed by atoms with Crippen LogP contribution in [0.4, 0.5) is 5.82 Å². The van der Waals surface area contributed by atoms with Gasteiger partial charge >= 0.3 is 0 Å². The van der Waals surface area contributed by atoms with Crippen molar-refractivity contribution in [1.82, 2.24) is 25.1 Å². The van der Waals surface area contributed by atoms with Crippen LogP contribution in [0.1, 0.15) is 23.4 Å². The summed E-state index contributed by atoms with van der Waals surface area (Å²) < 4.78 is 24.0. The first-order chi connectivity index (χ1) is 18.2. The van der Waals surface area contributed by atoms with Gasteiger partial charge in [-0.3, -0.25) is 4.79 Å². The van der Waals surface area contributed by atoms with Gasteiger partial charge in [0, 0.05) is 50.2 Å². The third kappa shape index (κ3) is 4.87. The van der Waals surface area contributed by atoms with Gasteiger partial charge in [-0.25, -0.2) is 9.67 Å². The van der Waals surface area contributed by atoms with Crippen molar-refractivity contribution in [3.8, 4) is 22.8 Å². The Hall–Kier alpha value is -3.96. The molecule has 11 nitrogen and oxygen atoms in total. The predicted octanol–water partition coefficient (Wildman–Crippen LogP) is 2.83. The molecule has 1 amide bonds. The van der Waals surface area contributed by atoms with E-state index in [-0.39, 0.29) is 17.7 Å². The highest BCUT2D eigenvalue weighted by Crippen LogP contribution is 2.30. The molecular formula is C26H28N6O5. The summed E-state index contributed by atoms with van der Waals surface area (Å²) in [4.78, 5) is 24.6. The van der Waals surface area contributed by atoms with Crippen LogP contribution in [0.25, 0.3) is 28.2 Å². The minimum atomic E-state index is -0.265. The Balaban J connectivity index is 1.36. The molecule has 4 aromatic rings. The van der Waals surface area contributed by atoms with Gasteiger partial charge in [-0.15, -0.1) is 0 Å². The van der Waals surface area contributed by atoms with E-state index < -0.39 is 0 Å². The third-order valence-corrected chi connectivity index (χ3v) is 6.62. The lowest BCUT2D eigenvalue weighted by atomic mass is 10.1. The fourth-order valence-electron chi connectivity index (χ4n) is 4.59. The molecule has 0 unspecified atom stereocenters. The number of nitrogens with zero attached hydrogens (tertiary/aromatic N) is 5. The van der Waals surface area contributed by atoms with Crippen molar-refractivity contribution >= 4 is 22.8 Å². The number of anilines is 1. The number of aromatic nitrogens is 4. The second-order valence-corrected chi connectivity index (χ2v) is 9.04. The van der Waals surface area contributed by atoms with Crippen molar-refractivity contribution in [2.45, 2.75) is 18.9 Å². The first-order valence-electron chi connectivity index (χ1n) is 12.4. The number of rotatable bonds is 6. The van der Waals surface area contributed by atoms with Crippen LogP contribution in [0.3, 0.4) is 0 Å². The van der Waals surface area contributed by atoms with Crippen molar-refractivity contribution < 1.29 is 23.4 Å². The summed E-state index contributed by atoms with van der Waals surface area (Å²) in [7, 11) is 1.64. The molecule has 37 heavy (non-hydrogen) atoms. The maximum absolute atomic E-state index is 13.0. The van der Waals surface area contributed by atoms with E-state index in [1.54, 1.807) is 24.1 Å². The number of benzene rings is 1. The molecule has 0 radical (unpaired) electrons. The predicted molar refractivity (Wildman–Crippen MR) is 135 cm³/mol. The Bertz CT molecular complexity index is 1400. The summed E-state index contributed by atoms with van der Waals surface area (Å²) in [5, 5.41) is 7.57. The number of furan rings is 1. The molecule has 192 valence electrons. The van der Waals surface area contributed by atoms with Crippen LogP contribution in [0.15, 0.2) is 47.1 Å². The molecule has 5 heterocycles. The van der Waals surface area contributed by atoms with Crippen LogP contribution in [-0.2, 0) is 9.47 Å². The number of hydrogen-bond donors (Lipinski definition) is 1. The maximum atomic E-state index is 13.0. The fourth-order valence-corrected chi connectivity index (χ4v) is 4.59. The zero-order valence-corrected chi connectivity index (χ0v) is 20.6. The lowest BCUT2D eigenvalue weighted by molar-refractivity contribution is 0.0684. The van der Waals surface area contributed by atoms with Gasteiger partial charge in [-0.05, 0) is 30.5 Å². The first-order valence-corrected chi connectivity index (χ1v) is 12.4. The second-order valence-electron chi connectivity index (χ2n) is 9.04. The topological polar surface area (TPSA) is 117 Å². The van der Waals surface area contributed by atoms with E-state index in [4.69, 9.17) is 28.6 Å². The highest BCUT2D eigenvalue weighted by atomic mass is 16.5. The van der Waals surface area contributed by atoms with E-state index in [2.05, 4.69) is 15.3 Å². The summed E-state index contributed by atoms with van der Waals surface area (Å²) >= 11 is 0. The summed E-state index contributed by atoms with van der Waals surface area (Å²) in [6, 6.07) is 9.51. The van der Waals surface area contributed by atoms with Gasteiger partial charge in [0.25, 0.3) is 11.9 Å². The second kappa shape index (κ2) is 10.2. The Morgan fingerprint density at radius 2 is 1.86 bits per heavy atom. The largest absolute Gasteiger partial charge is 0.497 e. The fraction of sp³-hybridized carbons (Fsp3) is 0.385. The smallest absolute Gasteiger partial charge is 0.287 e. The number of carbonyl (C=O) groups is 1. The molecule has 11 heteroatoms. The van der Waals surface area contributed by atoms with Crippen LogP contribution in [0, 0.1) is 0 Å². The van der Waals surface area contributed by atoms with Gasteiger partial charge in [0.2, 0.25) is 0 Å². The number of hydrogen-bond acceptors (Lipinski definition) is 9. The molecule has 6 rings (SSSR count). The van der Waals surface area contributed by atoms with Gasteiger partial charge in [0.05, 0.1) is 26.5 Å². The average molecular weight is 505 g/mol. The molecule has 0 aliphatic carbocycles. The van der Waals surface area contributed by atoms with Crippen LogP contribution in [0.5, 0.6) is 5.75 Å². The van der Waals surface area contributed by atoms with Crippen LogP contribution in [-0.4, -0.2) is 78.3 Å². The minimum absolute atomic E-state index is 0.0638. The van der Waals surface area contributed by atoms with Crippen molar-refractivity contribution in [3.05, 3.63) is 48.5 Å². The van der Waals surface area contributed by atoms with Crippen molar-refractivity contribution in [2.24, 2.45) is 0 Å². The normalized spacial score (nSPS) is 16.7. The molecule has 0 bridgehead atoms. The van der Waals surface area contributed by atoms with Gasteiger partial charge in [-0.2, -0.15) is 10.1 Å². The van der Waals surface area contributed by atoms with E-state index in [9.17, 15) is 4.79 Å². The Morgan fingerprint density at radius 1 is 1.05 bits per heavy atom. The van der Waals surface area contributed by atoms with E-state index in [0.717, 1.165) is 29.7 Å². The zero-order valence-electron chi connectivity index (χ0n) is 20.6. The van der Waals surface area contributed by atoms with Crippen LogP contribution >= 0.6 is 0 Å². The van der Waals surface area contributed by atoms with Gasteiger partial charge in [0.1, 0.15) is 11.3 Å². The van der Waals surface area contributed by atoms with Crippen molar-refractivity contribution in [1.29, 1.82) is 0 Å². The molecule has 0 spiro atoms. The number of fused-ring (bicyclic) bond motifs is 1. The zero-order chi connectivity index (χ0) is 25.2. The average Bonchev–Trinajstić information content (AvgIpc) is 3.62. The molecule has 0 saturated carbocycles. The maximum Gasteiger partial charge on any atom is 0.287 e. The highest BCUT2D eigenvalue weighted by Gasteiger charge is 2.25. The van der Waals surface area contributed by atoms with Gasteiger partial charge in [-0.1, -0.05) is 12.1 Å².